The molecule has 2 N–H and O–H groups in total. The van der Waals surface area contributed by atoms with E-state index < -0.39 is 17.8 Å². The van der Waals surface area contributed by atoms with Crippen LogP contribution in [0.2, 0.25) is 0 Å². The summed E-state index contributed by atoms with van der Waals surface area (Å²) in [7, 11) is 0. The van der Waals surface area contributed by atoms with Crippen molar-refractivity contribution >= 4 is 23.5 Å². The number of nitrogens with zero attached hydrogens (tertiary/aromatic N) is 4. The molecule has 0 bridgehead atoms. The number of aryl methyl sites for hydroxylation is 1. The first-order valence-corrected chi connectivity index (χ1v) is 10.8. The Balaban J connectivity index is 1.51. The van der Waals surface area contributed by atoms with E-state index in [1.807, 2.05) is 32.9 Å². The standard InChI is InChI=1S/C21H26N6O4S/c1-14-18(30-19(28)24-13-15-6-5-8-22-12-15)32-17(25-14)16-7-10-27(26-16)11-9-23-20(29)31-21(2,3)4/h5-8,10,12H,9,11,13H2,1-4H3,(H,23,29)(H,24,28). The number of rotatable bonds is 7. The second kappa shape index (κ2) is 10.2. The number of amides is 2. The number of alkyl carbamates (subject to hydrolysis) is 1. The largest absolute Gasteiger partial charge is 0.444 e. The number of nitrogens with one attached hydrogen (secondary N) is 2. The van der Waals surface area contributed by atoms with Crippen molar-refractivity contribution < 1.29 is 19.1 Å². The molecule has 0 atom stereocenters. The Bertz CT molecular complexity index is 1060. The third-order valence-corrected chi connectivity index (χ3v) is 5.03. The normalized spacial score (nSPS) is 11.1. The number of thiazole rings is 1. The molecule has 3 aromatic heterocycles. The summed E-state index contributed by atoms with van der Waals surface area (Å²) >= 11 is 1.24. The highest BCUT2D eigenvalue weighted by Gasteiger charge is 2.17. The second-order valence-corrected chi connectivity index (χ2v) is 8.85. The SMILES string of the molecule is Cc1nc(-c2ccn(CCNC(=O)OC(C)(C)C)n2)sc1OC(=O)NCc1cccnc1. The van der Waals surface area contributed by atoms with Crippen LogP contribution < -0.4 is 15.4 Å². The highest BCUT2D eigenvalue weighted by atomic mass is 32.1. The third kappa shape index (κ3) is 7.05. The maximum atomic E-state index is 12.1. The lowest BCUT2D eigenvalue weighted by atomic mass is 10.2. The highest BCUT2D eigenvalue weighted by Crippen LogP contribution is 2.32. The van der Waals surface area contributed by atoms with Crippen LogP contribution in [0.1, 0.15) is 32.0 Å². The van der Waals surface area contributed by atoms with E-state index in [9.17, 15) is 9.59 Å². The van der Waals surface area contributed by atoms with E-state index in [2.05, 4.69) is 25.7 Å². The molecular weight excluding hydrogens is 432 g/mol. The molecule has 3 heterocycles. The summed E-state index contributed by atoms with van der Waals surface area (Å²) in [4.78, 5) is 32.3. The molecule has 10 nitrogen and oxygen atoms in total. The van der Waals surface area contributed by atoms with E-state index in [-0.39, 0.29) is 0 Å². The van der Waals surface area contributed by atoms with Crippen molar-refractivity contribution in [2.24, 2.45) is 0 Å². The summed E-state index contributed by atoms with van der Waals surface area (Å²) < 4.78 is 12.3. The number of hydrogen-bond donors (Lipinski definition) is 2. The zero-order chi connectivity index (χ0) is 23.1. The molecule has 0 aliphatic carbocycles. The van der Waals surface area contributed by atoms with Gasteiger partial charge in [0.2, 0.25) is 5.06 Å². The minimum Gasteiger partial charge on any atom is -0.444 e. The van der Waals surface area contributed by atoms with E-state index in [1.54, 1.807) is 36.3 Å². The summed E-state index contributed by atoms with van der Waals surface area (Å²) in [6, 6.07) is 5.48. The molecule has 32 heavy (non-hydrogen) atoms. The zero-order valence-corrected chi connectivity index (χ0v) is 19.2. The first kappa shape index (κ1) is 23.2. The van der Waals surface area contributed by atoms with Crippen LogP contribution in [0, 0.1) is 6.92 Å². The summed E-state index contributed by atoms with van der Waals surface area (Å²) in [5, 5.41) is 10.9. The summed E-state index contributed by atoms with van der Waals surface area (Å²) in [6.45, 7) is 8.37. The number of aromatic nitrogens is 4. The van der Waals surface area contributed by atoms with Gasteiger partial charge in [-0.05, 0) is 45.4 Å². The van der Waals surface area contributed by atoms with Gasteiger partial charge in [0.05, 0.1) is 12.2 Å². The molecule has 3 rings (SSSR count). The lowest BCUT2D eigenvalue weighted by Crippen LogP contribution is -2.34. The number of carbonyl (C=O) groups is 2. The van der Waals surface area contributed by atoms with Crippen molar-refractivity contribution in [3.8, 4) is 15.8 Å². The quantitative estimate of drug-likeness (QED) is 0.556. The van der Waals surface area contributed by atoms with Gasteiger partial charge in [0.15, 0.2) is 0 Å². The van der Waals surface area contributed by atoms with Gasteiger partial charge in [-0.3, -0.25) is 9.67 Å². The number of pyridine rings is 1. The smallest absolute Gasteiger partial charge is 0.413 e. The molecule has 0 aliphatic heterocycles. The number of carbonyl (C=O) groups excluding carboxylic acids is 2. The van der Waals surface area contributed by atoms with Crippen molar-refractivity contribution in [1.29, 1.82) is 0 Å². The lowest BCUT2D eigenvalue weighted by Gasteiger charge is -2.19. The fourth-order valence-corrected chi connectivity index (χ4v) is 3.45. The van der Waals surface area contributed by atoms with Crippen molar-refractivity contribution in [3.05, 3.63) is 48.0 Å². The highest BCUT2D eigenvalue weighted by molar-refractivity contribution is 7.17. The van der Waals surface area contributed by atoms with Gasteiger partial charge in [-0.2, -0.15) is 5.10 Å². The minimum absolute atomic E-state index is 0.319. The molecule has 0 saturated heterocycles. The van der Waals surface area contributed by atoms with Crippen LogP contribution in [0.4, 0.5) is 9.59 Å². The van der Waals surface area contributed by atoms with E-state index in [1.165, 1.54) is 11.3 Å². The lowest BCUT2D eigenvalue weighted by molar-refractivity contribution is 0.0525. The molecule has 0 saturated carbocycles. The fraction of sp³-hybridized carbons (Fsp3) is 0.381. The van der Waals surface area contributed by atoms with Gasteiger partial charge in [-0.15, -0.1) is 0 Å². The molecule has 0 fully saturated rings. The van der Waals surface area contributed by atoms with Crippen LogP contribution in [-0.2, 0) is 17.8 Å². The van der Waals surface area contributed by atoms with E-state index >= 15 is 0 Å². The predicted octanol–water partition coefficient (Wildman–Crippen LogP) is 3.52. The average Bonchev–Trinajstić information content (AvgIpc) is 3.33. The second-order valence-electron chi connectivity index (χ2n) is 7.89. The number of ether oxygens (including phenoxy) is 2. The van der Waals surface area contributed by atoms with Crippen molar-refractivity contribution in [3.63, 3.8) is 0 Å². The van der Waals surface area contributed by atoms with Gasteiger partial charge in [-0.1, -0.05) is 17.4 Å². The van der Waals surface area contributed by atoms with Crippen LogP contribution in [0.25, 0.3) is 10.7 Å². The molecule has 0 radical (unpaired) electrons. The molecule has 11 heteroatoms. The van der Waals surface area contributed by atoms with Gasteiger partial charge in [0.25, 0.3) is 0 Å². The Labute approximate surface area is 190 Å². The van der Waals surface area contributed by atoms with Crippen molar-refractivity contribution in [2.45, 2.75) is 46.4 Å². The Kier molecular flexibility index (Phi) is 7.41. The Morgan fingerprint density at radius 1 is 1.19 bits per heavy atom. The maximum Gasteiger partial charge on any atom is 0.413 e. The topological polar surface area (TPSA) is 120 Å². The molecular formula is C21H26N6O4S. The fourth-order valence-electron chi connectivity index (χ4n) is 2.57. The molecule has 2 amide bonds. The first-order valence-electron chi connectivity index (χ1n) is 10.0. The van der Waals surface area contributed by atoms with Crippen molar-refractivity contribution in [2.75, 3.05) is 6.54 Å². The van der Waals surface area contributed by atoms with Gasteiger partial charge in [0, 0.05) is 31.7 Å². The average molecular weight is 459 g/mol. The molecule has 0 spiro atoms. The van der Waals surface area contributed by atoms with Crippen LogP contribution >= 0.6 is 11.3 Å². The third-order valence-electron chi connectivity index (χ3n) is 3.97. The van der Waals surface area contributed by atoms with Crippen LogP contribution in [0.15, 0.2) is 36.8 Å². The zero-order valence-electron chi connectivity index (χ0n) is 18.4. The summed E-state index contributed by atoms with van der Waals surface area (Å²) in [5.74, 6) is 0. The predicted molar refractivity (Wildman–Crippen MR) is 119 cm³/mol. The molecule has 0 aliphatic rings. The number of hydrogen-bond acceptors (Lipinski definition) is 8. The monoisotopic (exact) mass is 458 g/mol. The van der Waals surface area contributed by atoms with E-state index in [0.29, 0.717) is 41.1 Å². The molecule has 3 aromatic rings. The van der Waals surface area contributed by atoms with E-state index in [0.717, 1.165) is 5.56 Å². The van der Waals surface area contributed by atoms with Gasteiger partial charge in [-0.25, -0.2) is 14.6 Å². The summed E-state index contributed by atoms with van der Waals surface area (Å²) in [6.07, 6.45) is 4.11. The maximum absolute atomic E-state index is 12.1. The van der Waals surface area contributed by atoms with Crippen LogP contribution in [0.3, 0.4) is 0 Å². The molecule has 170 valence electrons. The first-order chi connectivity index (χ1) is 15.2. The summed E-state index contributed by atoms with van der Waals surface area (Å²) in [5.41, 5.74) is 1.59. The Morgan fingerprint density at radius 2 is 2.00 bits per heavy atom. The van der Waals surface area contributed by atoms with Gasteiger partial charge in [0.1, 0.15) is 16.3 Å². The Morgan fingerprint density at radius 3 is 2.72 bits per heavy atom. The van der Waals surface area contributed by atoms with E-state index in [4.69, 9.17) is 9.47 Å². The molecule has 0 aromatic carbocycles. The Hall–Kier alpha value is -3.47. The molecule has 0 unspecified atom stereocenters. The van der Waals surface area contributed by atoms with Gasteiger partial charge < -0.3 is 20.1 Å². The van der Waals surface area contributed by atoms with Crippen LogP contribution in [-0.4, -0.2) is 44.1 Å². The van der Waals surface area contributed by atoms with Gasteiger partial charge >= 0.3 is 12.2 Å². The minimum atomic E-state index is -0.564. The van der Waals surface area contributed by atoms with Crippen LogP contribution in [0.5, 0.6) is 5.06 Å². The van der Waals surface area contributed by atoms with Crippen molar-refractivity contribution in [1.82, 2.24) is 30.4 Å².